The molecule has 10 nitrogen and oxygen atoms in total. The molecule has 1 aliphatic heterocycles. The van der Waals surface area contributed by atoms with Crippen molar-refractivity contribution in [3.05, 3.63) is 47.5 Å². The lowest BCUT2D eigenvalue weighted by molar-refractivity contribution is 0.0678. The second kappa shape index (κ2) is 8.54. The molecule has 1 aliphatic carbocycles. The summed E-state index contributed by atoms with van der Waals surface area (Å²) in [6, 6.07) is 3.83. The number of aromatic nitrogens is 4. The summed E-state index contributed by atoms with van der Waals surface area (Å²) in [7, 11) is 1.62. The number of fused-ring (bicyclic) bond motifs is 3. The molecule has 0 spiro atoms. The Labute approximate surface area is 190 Å². The molecule has 0 bridgehead atoms. The molecule has 3 aromatic rings. The number of carboxylic acid groups (broad SMARTS) is 1. The van der Waals surface area contributed by atoms with Gasteiger partial charge in [-0.15, -0.1) is 0 Å². The summed E-state index contributed by atoms with van der Waals surface area (Å²) >= 11 is 0. The van der Waals surface area contributed by atoms with Crippen molar-refractivity contribution in [2.24, 2.45) is 5.73 Å². The van der Waals surface area contributed by atoms with Gasteiger partial charge < -0.3 is 25.6 Å². The summed E-state index contributed by atoms with van der Waals surface area (Å²) in [6.45, 7) is 2.54. The number of pyridine rings is 2. The number of aryl methyl sites for hydroxylation is 1. The normalized spacial score (nSPS) is 15.9. The fourth-order valence-corrected chi connectivity index (χ4v) is 4.36. The van der Waals surface area contributed by atoms with E-state index in [1.54, 1.807) is 24.2 Å². The van der Waals surface area contributed by atoms with E-state index in [0.717, 1.165) is 27.9 Å². The van der Waals surface area contributed by atoms with Gasteiger partial charge in [0.1, 0.15) is 18.1 Å². The molecule has 33 heavy (non-hydrogen) atoms. The maximum Gasteiger partial charge on any atom is 0.354 e. The molecule has 0 radical (unpaired) electrons. The number of hydrogen-bond donors (Lipinski definition) is 3. The Balaban J connectivity index is 1.52. The number of hydrogen-bond acceptors (Lipinski definition) is 8. The van der Waals surface area contributed by atoms with Crippen molar-refractivity contribution < 1.29 is 19.4 Å². The lowest BCUT2D eigenvalue weighted by Gasteiger charge is -2.39. The minimum absolute atomic E-state index is 0.223. The second-order valence-corrected chi connectivity index (χ2v) is 8.58. The van der Waals surface area contributed by atoms with Gasteiger partial charge in [-0.05, 0) is 30.5 Å². The van der Waals surface area contributed by atoms with Crippen molar-refractivity contribution in [2.45, 2.75) is 24.9 Å². The molecule has 0 aromatic carbocycles. The van der Waals surface area contributed by atoms with Gasteiger partial charge in [0.25, 0.3) is 0 Å². The molecule has 3 aromatic heterocycles. The van der Waals surface area contributed by atoms with Crippen LogP contribution >= 0.6 is 0 Å². The van der Waals surface area contributed by atoms with E-state index in [9.17, 15) is 9.90 Å². The minimum atomic E-state index is -0.984. The number of aromatic carboxylic acids is 1. The SMILES string of the molecule is COCCOc1cncc(-c2cc3c(cn2)CCc2c-3nn(CC3(N)CNC3)c2C(=O)O)c1. The number of carboxylic acids is 1. The standard InChI is InChI=1S/C23H26N6O4/c1-32-4-5-33-16-6-15(8-25-10-16)19-7-18-14(9-27-19)2-3-17-20(18)28-29(21(17)22(30)31)13-23(24)11-26-12-23/h6-10,26H,2-5,11-13,24H2,1H3,(H,30,31). The summed E-state index contributed by atoms with van der Waals surface area (Å²) < 4.78 is 12.3. The Morgan fingerprint density at radius 1 is 1.24 bits per heavy atom. The Bertz CT molecular complexity index is 1200. The van der Waals surface area contributed by atoms with E-state index in [0.29, 0.717) is 57.1 Å². The number of nitrogens with one attached hydrogen (secondary N) is 1. The molecule has 1 fully saturated rings. The highest BCUT2D eigenvalue weighted by atomic mass is 16.5. The van der Waals surface area contributed by atoms with Crippen LogP contribution in [0.25, 0.3) is 22.5 Å². The zero-order valence-electron chi connectivity index (χ0n) is 18.4. The fourth-order valence-electron chi connectivity index (χ4n) is 4.36. The summed E-state index contributed by atoms with van der Waals surface area (Å²) in [5.41, 5.74) is 11.0. The van der Waals surface area contributed by atoms with Crippen molar-refractivity contribution >= 4 is 5.97 Å². The molecule has 0 unspecified atom stereocenters. The van der Waals surface area contributed by atoms with Crippen molar-refractivity contribution in [3.63, 3.8) is 0 Å². The van der Waals surface area contributed by atoms with Gasteiger partial charge in [-0.25, -0.2) is 4.79 Å². The molecule has 172 valence electrons. The van der Waals surface area contributed by atoms with Crippen LogP contribution in [0.15, 0.2) is 30.7 Å². The van der Waals surface area contributed by atoms with Gasteiger partial charge in [0.2, 0.25) is 0 Å². The lowest BCUT2D eigenvalue weighted by Crippen LogP contribution is -2.67. The van der Waals surface area contributed by atoms with Crippen LogP contribution in [0.4, 0.5) is 0 Å². The number of nitrogens with zero attached hydrogens (tertiary/aromatic N) is 4. The molecule has 0 atom stereocenters. The van der Waals surface area contributed by atoms with E-state index in [1.807, 2.05) is 18.3 Å². The average Bonchev–Trinajstić information content (AvgIpc) is 3.16. The van der Waals surface area contributed by atoms with Crippen molar-refractivity contribution in [3.8, 4) is 28.3 Å². The van der Waals surface area contributed by atoms with Crippen molar-refractivity contribution in [1.82, 2.24) is 25.1 Å². The maximum absolute atomic E-state index is 12.1. The zero-order valence-corrected chi connectivity index (χ0v) is 18.4. The smallest absolute Gasteiger partial charge is 0.354 e. The Hall–Kier alpha value is -3.34. The van der Waals surface area contributed by atoms with Crippen LogP contribution in [0, 0.1) is 0 Å². The predicted molar refractivity (Wildman–Crippen MR) is 120 cm³/mol. The molecule has 10 heteroatoms. The maximum atomic E-state index is 12.1. The summed E-state index contributed by atoms with van der Waals surface area (Å²) in [4.78, 5) is 21.0. The first-order valence-corrected chi connectivity index (χ1v) is 10.9. The number of methoxy groups -OCH3 is 1. The summed E-state index contributed by atoms with van der Waals surface area (Å²) in [6.07, 6.45) is 6.52. The van der Waals surface area contributed by atoms with E-state index < -0.39 is 11.5 Å². The Kier molecular flexibility index (Phi) is 5.57. The first-order chi connectivity index (χ1) is 16.0. The molecule has 2 aliphatic rings. The van der Waals surface area contributed by atoms with Crippen LogP contribution in [-0.4, -0.2) is 69.8 Å². The van der Waals surface area contributed by atoms with Crippen LogP contribution in [0.5, 0.6) is 5.75 Å². The monoisotopic (exact) mass is 450 g/mol. The highest BCUT2D eigenvalue weighted by molar-refractivity contribution is 5.91. The third kappa shape index (κ3) is 4.08. The highest BCUT2D eigenvalue weighted by Crippen LogP contribution is 2.37. The summed E-state index contributed by atoms with van der Waals surface area (Å²) in [5.74, 6) is -0.355. The predicted octanol–water partition coefficient (Wildman–Crippen LogP) is 1.13. The van der Waals surface area contributed by atoms with Crippen molar-refractivity contribution in [2.75, 3.05) is 33.4 Å². The van der Waals surface area contributed by atoms with Gasteiger partial charge in [-0.1, -0.05) is 0 Å². The van der Waals surface area contributed by atoms with Crippen molar-refractivity contribution in [1.29, 1.82) is 0 Å². The van der Waals surface area contributed by atoms with Gasteiger partial charge in [0.05, 0.1) is 36.3 Å². The molecular weight excluding hydrogens is 424 g/mol. The highest BCUT2D eigenvalue weighted by Gasteiger charge is 2.36. The molecule has 0 amide bonds. The zero-order chi connectivity index (χ0) is 23.0. The van der Waals surface area contributed by atoms with Gasteiger partial charge in [0, 0.05) is 49.3 Å². The van der Waals surface area contributed by atoms with Gasteiger partial charge in [-0.2, -0.15) is 5.10 Å². The first kappa shape index (κ1) is 21.5. The number of ether oxygens (including phenoxy) is 2. The topological polar surface area (TPSA) is 137 Å². The Morgan fingerprint density at radius 2 is 2.09 bits per heavy atom. The molecule has 4 N–H and O–H groups in total. The first-order valence-electron chi connectivity index (χ1n) is 10.9. The van der Waals surface area contributed by atoms with E-state index in [-0.39, 0.29) is 5.69 Å². The number of nitrogens with two attached hydrogens (primary N) is 1. The summed E-state index contributed by atoms with van der Waals surface area (Å²) in [5, 5.41) is 17.8. The quantitative estimate of drug-likeness (QED) is 0.431. The van der Waals surface area contributed by atoms with E-state index in [2.05, 4.69) is 15.3 Å². The number of carbonyl (C=O) groups is 1. The fraction of sp³-hybridized carbons (Fsp3) is 0.391. The molecule has 0 saturated carbocycles. The van der Waals surface area contributed by atoms with Crippen LogP contribution in [0.3, 0.4) is 0 Å². The van der Waals surface area contributed by atoms with Crippen LogP contribution in [-0.2, 0) is 24.1 Å². The third-order valence-corrected chi connectivity index (χ3v) is 6.12. The third-order valence-electron chi connectivity index (χ3n) is 6.12. The van der Waals surface area contributed by atoms with E-state index >= 15 is 0 Å². The van der Waals surface area contributed by atoms with Crippen LogP contribution < -0.4 is 15.8 Å². The van der Waals surface area contributed by atoms with Crippen LogP contribution in [0.1, 0.15) is 21.6 Å². The molecule has 4 heterocycles. The van der Waals surface area contributed by atoms with E-state index in [1.165, 1.54) is 0 Å². The second-order valence-electron chi connectivity index (χ2n) is 8.58. The molecule has 5 rings (SSSR count). The minimum Gasteiger partial charge on any atom is -0.490 e. The van der Waals surface area contributed by atoms with E-state index in [4.69, 9.17) is 20.3 Å². The number of rotatable bonds is 8. The van der Waals surface area contributed by atoms with Gasteiger partial charge in [-0.3, -0.25) is 14.6 Å². The van der Waals surface area contributed by atoms with Gasteiger partial charge in [0.15, 0.2) is 0 Å². The van der Waals surface area contributed by atoms with Crippen LogP contribution in [0.2, 0.25) is 0 Å². The molecular formula is C23H26N6O4. The lowest BCUT2D eigenvalue weighted by atomic mass is 9.89. The largest absolute Gasteiger partial charge is 0.490 e. The Morgan fingerprint density at radius 3 is 2.82 bits per heavy atom. The average molecular weight is 450 g/mol. The molecule has 1 saturated heterocycles. The van der Waals surface area contributed by atoms with Gasteiger partial charge >= 0.3 is 5.97 Å².